The van der Waals surface area contributed by atoms with Gasteiger partial charge in [0.05, 0.1) is 0 Å². The van der Waals surface area contributed by atoms with Gasteiger partial charge in [0.2, 0.25) is 5.89 Å². The zero-order valence-electron chi connectivity index (χ0n) is 11.6. The van der Waals surface area contributed by atoms with Gasteiger partial charge in [-0.15, -0.1) is 0 Å². The molecule has 0 spiro atoms. The van der Waals surface area contributed by atoms with Crippen molar-refractivity contribution in [2.45, 2.75) is 25.8 Å². The van der Waals surface area contributed by atoms with Crippen LogP contribution < -0.4 is 5.32 Å². The molecule has 1 aromatic heterocycles. The summed E-state index contributed by atoms with van der Waals surface area (Å²) >= 11 is 1.98. The van der Waals surface area contributed by atoms with Crippen LogP contribution in [0.25, 0.3) is 0 Å². The lowest BCUT2D eigenvalue weighted by Crippen LogP contribution is -2.38. The molecule has 0 saturated carbocycles. The molecule has 1 aliphatic rings. The van der Waals surface area contributed by atoms with E-state index in [4.69, 9.17) is 4.52 Å². The third-order valence-corrected chi connectivity index (χ3v) is 4.54. The highest BCUT2D eigenvalue weighted by atomic mass is 32.2. The van der Waals surface area contributed by atoms with E-state index >= 15 is 0 Å². The van der Waals surface area contributed by atoms with E-state index in [-0.39, 0.29) is 0 Å². The van der Waals surface area contributed by atoms with Crippen LogP contribution in [0.2, 0.25) is 0 Å². The maximum absolute atomic E-state index is 5.35. The largest absolute Gasteiger partial charge is 0.339 e. The van der Waals surface area contributed by atoms with Gasteiger partial charge < -0.3 is 9.84 Å². The second-order valence-electron chi connectivity index (χ2n) is 5.20. The van der Waals surface area contributed by atoms with Crippen LogP contribution in [0.3, 0.4) is 0 Å². The number of aryl methyl sites for hydroxylation is 1. The fourth-order valence-electron chi connectivity index (χ4n) is 2.29. The number of hydrogen-bond donors (Lipinski definition) is 1. The van der Waals surface area contributed by atoms with Gasteiger partial charge in [-0.3, -0.25) is 0 Å². The van der Waals surface area contributed by atoms with Crippen molar-refractivity contribution in [3.63, 3.8) is 0 Å². The smallest absolute Gasteiger partial charge is 0.228 e. The maximum atomic E-state index is 5.35. The molecule has 0 amide bonds. The van der Waals surface area contributed by atoms with E-state index < -0.39 is 0 Å². The Bertz CT molecular complexity index is 547. The van der Waals surface area contributed by atoms with E-state index in [1.165, 1.54) is 16.9 Å². The zero-order valence-corrected chi connectivity index (χ0v) is 12.4. The lowest BCUT2D eigenvalue weighted by molar-refractivity contribution is 0.359. The number of benzene rings is 1. The van der Waals surface area contributed by atoms with E-state index in [0.29, 0.717) is 6.04 Å². The number of nitrogens with one attached hydrogen (secondary N) is 1. The Labute approximate surface area is 123 Å². The summed E-state index contributed by atoms with van der Waals surface area (Å²) in [7, 11) is 0. The summed E-state index contributed by atoms with van der Waals surface area (Å²) in [4.78, 5) is 4.50. The molecule has 1 N–H and O–H groups in total. The molecule has 1 saturated heterocycles. The molecule has 3 rings (SSSR count). The molecule has 4 nitrogen and oxygen atoms in total. The minimum atomic E-state index is 0.460. The molecule has 1 fully saturated rings. The quantitative estimate of drug-likeness (QED) is 0.935. The van der Waals surface area contributed by atoms with E-state index in [0.717, 1.165) is 36.9 Å². The summed E-state index contributed by atoms with van der Waals surface area (Å²) in [5.41, 5.74) is 2.48. The molecule has 1 atom stereocenters. The van der Waals surface area contributed by atoms with Gasteiger partial charge in [-0.25, -0.2) is 0 Å². The molecule has 2 heterocycles. The van der Waals surface area contributed by atoms with Gasteiger partial charge in [0.15, 0.2) is 5.82 Å². The van der Waals surface area contributed by atoms with Crippen LogP contribution >= 0.6 is 11.8 Å². The molecule has 1 aromatic carbocycles. The van der Waals surface area contributed by atoms with Gasteiger partial charge in [-0.05, 0) is 12.5 Å². The van der Waals surface area contributed by atoms with Crippen molar-refractivity contribution in [3.8, 4) is 0 Å². The van der Waals surface area contributed by atoms with Crippen molar-refractivity contribution >= 4 is 11.8 Å². The van der Waals surface area contributed by atoms with E-state index in [9.17, 15) is 0 Å². The zero-order chi connectivity index (χ0) is 13.8. The van der Waals surface area contributed by atoms with Crippen LogP contribution in [0.1, 0.15) is 22.8 Å². The van der Waals surface area contributed by atoms with Crippen molar-refractivity contribution in [2.24, 2.45) is 0 Å². The van der Waals surface area contributed by atoms with Gasteiger partial charge in [0.25, 0.3) is 0 Å². The van der Waals surface area contributed by atoms with Crippen LogP contribution in [0, 0.1) is 6.92 Å². The number of aromatic nitrogens is 2. The summed E-state index contributed by atoms with van der Waals surface area (Å²) < 4.78 is 5.35. The standard InChI is InChI=1S/C15H19N3OS/c1-11-2-4-12(5-3-11)8-14-17-15(19-18-14)9-13-10-20-7-6-16-13/h2-5,13,16H,6-10H2,1H3. The summed E-state index contributed by atoms with van der Waals surface area (Å²) in [5, 5.41) is 7.56. The van der Waals surface area contributed by atoms with Crippen LogP contribution in [0.4, 0.5) is 0 Å². The third-order valence-electron chi connectivity index (χ3n) is 3.41. The lowest BCUT2D eigenvalue weighted by atomic mass is 10.1. The van der Waals surface area contributed by atoms with Crippen LogP contribution in [0.5, 0.6) is 0 Å². The molecular formula is C15H19N3OS. The molecule has 20 heavy (non-hydrogen) atoms. The van der Waals surface area contributed by atoms with Gasteiger partial charge in [0.1, 0.15) is 0 Å². The van der Waals surface area contributed by atoms with E-state index in [2.05, 4.69) is 46.6 Å². The molecule has 0 radical (unpaired) electrons. The number of thioether (sulfide) groups is 1. The number of rotatable bonds is 4. The summed E-state index contributed by atoms with van der Waals surface area (Å²) in [6, 6.07) is 8.91. The fourth-order valence-corrected chi connectivity index (χ4v) is 3.24. The molecule has 106 valence electrons. The van der Waals surface area contributed by atoms with E-state index in [1.54, 1.807) is 0 Å². The van der Waals surface area contributed by atoms with E-state index in [1.807, 2.05) is 11.8 Å². The second-order valence-corrected chi connectivity index (χ2v) is 6.35. The predicted octanol–water partition coefficient (Wildman–Crippen LogP) is 2.22. The molecule has 1 aliphatic heterocycles. The third kappa shape index (κ3) is 3.61. The van der Waals surface area contributed by atoms with Gasteiger partial charge >= 0.3 is 0 Å². The first-order chi connectivity index (χ1) is 9.79. The van der Waals surface area contributed by atoms with Crippen LogP contribution in [-0.2, 0) is 12.8 Å². The number of hydrogen-bond acceptors (Lipinski definition) is 5. The van der Waals surface area contributed by atoms with Crippen LogP contribution in [0.15, 0.2) is 28.8 Å². The molecule has 0 bridgehead atoms. The molecule has 5 heteroatoms. The van der Waals surface area contributed by atoms with Crippen molar-refractivity contribution in [1.82, 2.24) is 15.5 Å². The Hall–Kier alpha value is -1.33. The molecule has 0 aliphatic carbocycles. The fraction of sp³-hybridized carbons (Fsp3) is 0.467. The predicted molar refractivity (Wildman–Crippen MR) is 81.1 cm³/mol. The highest BCUT2D eigenvalue weighted by Crippen LogP contribution is 2.13. The molecule has 1 unspecified atom stereocenters. The van der Waals surface area contributed by atoms with Crippen molar-refractivity contribution in [2.75, 3.05) is 18.1 Å². The SMILES string of the molecule is Cc1ccc(Cc2noc(CC3CSCCN3)n2)cc1. The first kappa shape index (κ1) is 13.6. The Morgan fingerprint density at radius 1 is 1.35 bits per heavy atom. The summed E-state index contributed by atoms with van der Waals surface area (Å²) in [5.74, 6) is 3.83. The number of nitrogens with zero attached hydrogens (tertiary/aromatic N) is 2. The van der Waals surface area contributed by atoms with Gasteiger partial charge in [-0.2, -0.15) is 16.7 Å². The average Bonchev–Trinajstić information content (AvgIpc) is 2.90. The van der Waals surface area contributed by atoms with Gasteiger partial charge in [-0.1, -0.05) is 35.0 Å². The maximum Gasteiger partial charge on any atom is 0.228 e. The Kier molecular flexibility index (Phi) is 4.38. The minimum Gasteiger partial charge on any atom is -0.339 e. The second kappa shape index (κ2) is 6.41. The first-order valence-corrected chi connectivity index (χ1v) is 8.13. The van der Waals surface area contributed by atoms with Crippen molar-refractivity contribution < 1.29 is 4.52 Å². The Balaban J connectivity index is 1.60. The molecular weight excluding hydrogens is 270 g/mol. The Morgan fingerprint density at radius 2 is 2.20 bits per heavy atom. The summed E-state index contributed by atoms with van der Waals surface area (Å²) in [6.45, 7) is 3.16. The first-order valence-electron chi connectivity index (χ1n) is 6.98. The lowest BCUT2D eigenvalue weighted by Gasteiger charge is -2.21. The highest BCUT2D eigenvalue weighted by Gasteiger charge is 2.17. The monoisotopic (exact) mass is 289 g/mol. The summed E-state index contributed by atoms with van der Waals surface area (Å²) in [6.07, 6.45) is 1.56. The molecule has 2 aromatic rings. The van der Waals surface area contributed by atoms with Crippen molar-refractivity contribution in [3.05, 3.63) is 47.1 Å². The topological polar surface area (TPSA) is 51.0 Å². The van der Waals surface area contributed by atoms with Crippen molar-refractivity contribution in [1.29, 1.82) is 0 Å². The Morgan fingerprint density at radius 3 is 2.95 bits per heavy atom. The average molecular weight is 289 g/mol. The normalized spacial score (nSPS) is 19.1. The highest BCUT2D eigenvalue weighted by molar-refractivity contribution is 7.99. The minimum absolute atomic E-state index is 0.460. The van der Waals surface area contributed by atoms with Gasteiger partial charge in [0, 0.05) is 36.9 Å². The van der Waals surface area contributed by atoms with Crippen LogP contribution in [-0.4, -0.2) is 34.2 Å².